The molecule has 0 saturated carbocycles. The van der Waals surface area contributed by atoms with E-state index in [2.05, 4.69) is 20.4 Å². The van der Waals surface area contributed by atoms with E-state index in [-0.39, 0.29) is 11.9 Å². The van der Waals surface area contributed by atoms with Crippen LogP contribution in [0.3, 0.4) is 0 Å². The molecule has 1 atom stereocenters. The Bertz CT molecular complexity index is 1210. The van der Waals surface area contributed by atoms with Crippen LogP contribution in [0.15, 0.2) is 61.2 Å². The van der Waals surface area contributed by atoms with Crippen molar-refractivity contribution < 1.29 is 14.3 Å². The lowest BCUT2D eigenvalue weighted by atomic mass is 10.1. The lowest BCUT2D eigenvalue weighted by Crippen LogP contribution is -2.27. The van der Waals surface area contributed by atoms with Crippen LogP contribution in [0.2, 0.25) is 0 Å². The highest BCUT2D eigenvalue weighted by atomic mass is 16.5. The van der Waals surface area contributed by atoms with Crippen molar-refractivity contribution in [3.63, 3.8) is 0 Å². The number of nitrogens with zero attached hydrogens (tertiary/aromatic N) is 4. The summed E-state index contributed by atoms with van der Waals surface area (Å²) in [7, 11) is 1.59. The van der Waals surface area contributed by atoms with E-state index in [9.17, 15) is 4.79 Å². The Morgan fingerprint density at radius 3 is 2.74 bits per heavy atom. The number of amides is 1. The molecular formula is C23H23N5O3. The van der Waals surface area contributed by atoms with Gasteiger partial charge in [-0.15, -0.1) is 0 Å². The van der Waals surface area contributed by atoms with Gasteiger partial charge in [-0.1, -0.05) is 6.07 Å². The number of pyridine rings is 1. The summed E-state index contributed by atoms with van der Waals surface area (Å²) in [5, 5.41) is 7.38. The quantitative estimate of drug-likeness (QED) is 0.495. The first-order valence-electron chi connectivity index (χ1n) is 9.87. The van der Waals surface area contributed by atoms with Crippen molar-refractivity contribution in [1.82, 2.24) is 24.9 Å². The molecule has 1 N–H and O–H groups in total. The van der Waals surface area contributed by atoms with Crippen molar-refractivity contribution >= 4 is 11.6 Å². The van der Waals surface area contributed by atoms with Crippen LogP contribution in [-0.4, -0.2) is 32.6 Å². The fourth-order valence-electron chi connectivity index (χ4n) is 3.33. The highest BCUT2D eigenvalue weighted by Gasteiger charge is 2.20. The molecule has 0 fully saturated rings. The van der Waals surface area contributed by atoms with E-state index in [1.165, 1.54) is 0 Å². The lowest BCUT2D eigenvalue weighted by Gasteiger charge is -2.17. The number of hydrogen-bond acceptors (Lipinski definition) is 6. The molecule has 0 radical (unpaired) electrons. The number of rotatable bonds is 7. The molecule has 4 rings (SSSR count). The molecule has 8 heteroatoms. The summed E-state index contributed by atoms with van der Waals surface area (Å²) in [6.07, 6.45) is 6.87. The van der Waals surface area contributed by atoms with Crippen LogP contribution in [0.4, 0.5) is 0 Å². The molecule has 0 aliphatic heterocycles. The van der Waals surface area contributed by atoms with Crippen molar-refractivity contribution in [3.8, 4) is 11.5 Å². The van der Waals surface area contributed by atoms with Crippen LogP contribution >= 0.6 is 0 Å². The molecular weight excluding hydrogens is 394 g/mol. The highest BCUT2D eigenvalue weighted by Crippen LogP contribution is 2.31. The summed E-state index contributed by atoms with van der Waals surface area (Å²) in [6.45, 7) is 4.12. The van der Waals surface area contributed by atoms with E-state index in [4.69, 9.17) is 9.47 Å². The third-order valence-electron chi connectivity index (χ3n) is 4.98. The number of fused-ring (bicyclic) bond motifs is 1. The van der Waals surface area contributed by atoms with Crippen LogP contribution in [0, 0.1) is 6.92 Å². The summed E-state index contributed by atoms with van der Waals surface area (Å²) in [4.78, 5) is 21.2. The van der Waals surface area contributed by atoms with Gasteiger partial charge in [0.05, 0.1) is 18.8 Å². The van der Waals surface area contributed by atoms with Crippen molar-refractivity contribution in [2.45, 2.75) is 26.5 Å². The second-order valence-electron chi connectivity index (χ2n) is 7.10. The van der Waals surface area contributed by atoms with E-state index in [0.29, 0.717) is 35.0 Å². The monoisotopic (exact) mass is 417 g/mol. The van der Waals surface area contributed by atoms with Gasteiger partial charge < -0.3 is 14.8 Å². The molecule has 1 unspecified atom stereocenters. The van der Waals surface area contributed by atoms with Crippen LogP contribution in [0.5, 0.6) is 11.5 Å². The third kappa shape index (κ3) is 4.32. The van der Waals surface area contributed by atoms with E-state index in [1.807, 2.05) is 37.3 Å². The number of hydrogen-bond donors (Lipinski definition) is 1. The van der Waals surface area contributed by atoms with Gasteiger partial charge in [0, 0.05) is 24.8 Å². The van der Waals surface area contributed by atoms with Crippen molar-refractivity contribution in [2.24, 2.45) is 0 Å². The van der Waals surface area contributed by atoms with Gasteiger partial charge in [0.15, 0.2) is 17.1 Å². The zero-order chi connectivity index (χ0) is 21.8. The van der Waals surface area contributed by atoms with Crippen molar-refractivity contribution in [3.05, 3.63) is 83.6 Å². The minimum absolute atomic E-state index is 0.226. The van der Waals surface area contributed by atoms with Gasteiger partial charge in [0.1, 0.15) is 12.2 Å². The SMILES string of the molecule is COc1cc(C(C)NC(=O)c2c(C)nn3cccnc23)ccc1OCc1ccncc1. The average molecular weight is 417 g/mol. The Kier molecular flexibility index (Phi) is 5.79. The summed E-state index contributed by atoms with van der Waals surface area (Å²) < 4.78 is 13.0. The maximum atomic E-state index is 12.9. The zero-order valence-corrected chi connectivity index (χ0v) is 17.6. The normalized spacial score (nSPS) is 11.8. The second-order valence-corrected chi connectivity index (χ2v) is 7.10. The number of carbonyl (C=O) groups excluding carboxylic acids is 1. The molecule has 1 aromatic carbocycles. The van der Waals surface area contributed by atoms with Gasteiger partial charge in [-0.05, 0) is 55.3 Å². The number of ether oxygens (including phenoxy) is 2. The minimum atomic E-state index is -0.256. The van der Waals surface area contributed by atoms with Gasteiger partial charge >= 0.3 is 0 Å². The number of benzene rings is 1. The maximum absolute atomic E-state index is 12.9. The van der Waals surface area contributed by atoms with E-state index < -0.39 is 0 Å². The summed E-state index contributed by atoms with van der Waals surface area (Å²) in [5.41, 5.74) is 3.53. The number of methoxy groups -OCH3 is 1. The maximum Gasteiger partial charge on any atom is 0.257 e. The molecule has 31 heavy (non-hydrogen) atoms. The van der Waals surface area contributed by atoms with Gasteiger partial charge in [-0.3, -0.25) is 9.78 Å². The molecule has 3 aromatic heterocycles. The average Bonchev–Trinajstić information content (AvgIpc) is 3.13. The van der Waals surface area contributed by atoms with Gasteiger partial charge in [-0.2, -0.15) is 5.10 Å². The lowest BCUT2D eigenvalue weighted by molar-refractivity contribution is 0.0940. The predicted octanol–water partition coefficient (Wildman–Crippen LogP) is 3.51. The topological polar surface area (TPSA) is 90.6 Å². The Morgan fingerprint density at radius 2 is 1.97 bits per heavy atom. The molecule has 8 nitrogen and oxygen atoms in total. The second kappa shape index (κ2) is 8.83. The minimum Gasteiger partial charge on any atom is -0.493 e. The van der Waals surface area contributed by atoms with Gasteiger partial charge in [0.2, 0.25) is 0 Å². The molecule has 0 saturated heterocycles. The van der Waals surface area contributed by atoms with Crippen LogP contribution in [0.25, 0.3) is 5.65 Å². The molecule has 158 valence electrons. The Labute approximate surface area is 179 Å². The molecule has 3 heterocycles. The highest BCUT2D eigenvalue weighted by molar-refractivity contribution is 6.01. The van der Waals surface area contributed by atoms with Gasteiger partial charge in [-0.25, -0.2) is 9.50 Å². The third-order valence-corrected chi connectivity index (χ3v) is 4.98. The Morgan fingerprint density at radius 1 is 1.16 bits per heavy atom. The molecule has 0 spiro atoms. The Hall–Kier alpha value is -3.94. The molecule has 0 bridgehead atoms. The molecule has 0 aliphatic carbocycles. The Balaban J connectivity index is 1.49. The number of aromatic nitrogens is 4. The van der Waals surface area contributed by atoms with Gasteiger partial charge in [0.25, 0.3) is 5.91 Å². The first-order chi connectivity index (χ1) is 15.1. The van der Waals surface area contributed by atoms with Crippen molar-refractivity contribution in [2.75, 3.05) is 7.11 Å². The van der Waals surface area contributed by atoms with Crippen LogP contribution in [-0.2, 0) is 6.61 Å². The summed E-state index contributed by atoms with van der Waals surface area (Å²) in [6, 6.07) is 10.9. The smallest absolute Gasteiger partial charge is 0.257 e. The first-order valence-corrected chi connectivity index (χ1v) is 9.87. The zero-order valence-electron chi connectivity index (χ0n) is 17.6. The number of nitrogens with one attached hydrogen (secondary N) is 1. The number of carbonyl (C=O) groups is 1. The molecule has 4 aromatic rings. The summed E-state index contributed by atoms with van der Waals surface area (Å²) in [5.74, 6) is 1.00. The summed E-state index contributed by atoms with van der Waals surface area (Å²) >= 11 is 0. The number of aryl methyl sites for hydroxylation is 1. The molecule has 1 amide bonds. The fraction of sp³-hybridized carbons (Fsp3) is 0.217. The van der Waals surface area contributed by atoms with E-state index in [0.717, 1.165) is 11.1 Å². The predicted molar refractivity (Wildman–Crippen MR) is 115 cm³/mol. The fourth-order valence-corrected chi connectivity index (χ4v) is 3.33. The van der Waals surface area contributed by atoms with Crippen molar-refractivity contribution in [1.29, 1.82) is 0 Å². The van der Waals surface area contributed by atoms with Crippen LogP contribution < -0.4 is 14.8 Å². The van der Waals surface area contributed by atoms with E-state index >= 15 is 0 Å². The first kappa shape index (κ1) is 20.3. The van der Waals surface area contributed by atoms with E-state index in [1.54, 1.807) is 49.4 Å². The molecule has 0 aliphatic rings. The standard InChI is InChI=1S/C23H23N5O3/c1-15(26-23(29)21-16(2)27-28-12-4-9-25-22(21)28)18-5-6-19(20(13-18)30-3)31-14-17-7-10-24-11-8-17/h4-13,15H,14H2,1-3H3,(H,26,29). The largest absolute Gasteiger partial charge is 0.493 e. The van der Waals surface area contributed by atoms with Crippen LogP contribution in [0.1, 0.15) is 40.1 Å².